The van der Waals surface area contributed by atoms with Crippen molar-refractivity contribution in [3.8, 4) is 5.75 Å². The van der Waals surface area contributed by atoms with Gasteiger partial charge in [-0.1, -0.05) is 25.1 Å². The number of ether oxygens (including phenoxy) is 1. The lowest BCUT2D eigenvalue weighted by Gasteiger charge is -2.08. The van der Waals surface area contributed by atoms with Gasteiger partial charge in [-0.25, -0.2) is 0 Å². The zero-order valence-electron chi connectivity index (χ0n) is 11.2. The van der Waals surface area contributed by atoms with Crippen LogP contribution in [0, 0.1) is 0 Å². The molecule has 1 N–H and O–H groups in total. The van der Waals surface area contributed by atoms with Crippen molar-refractivity contribution < 1.29 is 4.74 Å². The van der Waals surface area contributed by atoms with E-state index in [-0.39, 0.29) is 0 Å². The van der Waals surface area contributed by atoms with Gasteiger partial charge < -0.3 is 10.1 Å². The minimum absolute atomic E-state index is 0.406. The fourth-order valence-electron chi connectivity index (χ4n) is 2.47. The summed E-state index contributed by atoms with van der Waals surface area (Å²) in [6.45, 7) is 5.60. The first-order valence-corrected chi connectivity index (χ1v) is 6.80. The van der Waals surface area contributed by atoms with Crippen LogP contribution in [0.15, 0.2) is 36.7 Å². The maximum atomic E-state index is 5.70. The van der Waals surface area contributed by atoms with E-state index < -0.39 is 0 Å². The van der Waals surface area contributed by atoms with Gasteiger partial charge in [0.2, 0.25) is 0 Å². The Labute approximate surface area is 113 Å². The standard InChI is InChI=1S/C15H19N3O/c1-2-16-7-12-8-17-18(9-12)10-13-11-19-15-6-4-3-5-14(13)15/h3-6,8-9,13,16H,2,7,10-11H2,1H3. The SMILES string of the molecule is CCNCc1cnn(CC2COc3ccccc32)c1. The highest BCUT2D eigenvalue weighted by atomic mass is 16.5. The molecule has 0 amide bonds. The van der Waals surface area contributed by atoms with Crippen molar-refractivity contribution in [3.63, 3.8) is 0 Å². The molecule has 3 rings (SSSR count). The Balaban J connectivity index is 1.68. The summed E-state index contributed by atoms with van der Waals surface area (Å²) >= 11 is 0. The number of benzene rings is 1. The van der Waals surface area contributed by atoms with Gasteiger partial charge in [0.05, 0.1) is 19.3 Å². The molecule has 2 aromatic rings. The number of hydrogen-bond donors (Lipinski definition) is 1. The van der Waals surface area contributed by atoms with E-state index in [2.05, 4.69) is 35.7 Å². The monoisotopic (exact) mass is 257 g/mol. The topological polar surface area (TPSA) is 39.1 Å². The molecule has 4 nitrogen and oxygen atoms in total. The summed E-state index contributed by atoms with van der Waals surface area (Å²) < 4.78 is 7.72. The molecule has 0 saturated heterocycles. The second-order valence-corrected chi connectivity index (χ2v) is 4.90. The lowest BCUT2D eigenvalue weighted by Crippen LogP contribution is -2.12. The Hall–Kier alpha value is -1.81. The number of aromatic nitrogens is 2. The average molecular weight is 257 g/mol. The first kappa shape index (κ1) is 12.2. The van der Waals surface area contributed by atoms with Crippen molar-refractivity contribution in [3.05, 3.63) is 47.8 Å². The number of rotatable bonds is 5. The van der Waals surface area contributed by atoms with Gasteiger partial charge in [0.15, 0.2) is 0 Å². The zero-order chi connectivity index (χ0) is 13.1. The molecule has 19 heavy (non-hydrogen) atoms. The fourth-order valence-corrected chi connectivity index (χ4v) is 2.47. The maximum absolute atomic E-state index is 5.70. The van der Waals surface area contributed by atoms with Crippen LogP contribution in [-0.4, -0.2) is 22.9 Å². The number of hydrogen-bond acceptors (Lipinski definition) is 3. The average Bonchev–Trinajstić information content (AvgIpc) is 3.05. The summed E-state index contributed by atoms with van der Waals surface area (Å²) in [5.41, 5.74) is 2.53. The van der Waals surface area contributed by atoms with Crippen LogP contribution in [0.25, 0.3) is 0 Å². The molecular weight excluding hydrogens is 238 g/mol. The van der Waals surface area contributed by atoms with E-state index in [1.165, 1.54) is 11.1 Å². The summed E-state index contributed by atoms with van der Waals surface area (Å²) in [6, 6.07) is 8.27. The number of para-hydroxylation sites is 1. The molecule has 0 bridgehead atoms. The van der Waals surface area contributed by atoms with Gasteiger partial charge in [0.1, 0.15) is 5.75 Å². The van der Waals surface area contributed by atoms with Crippen LogP contribution in [0.5, 0.6) is 5.75 Å². The van der Waals surface area contributed by atoms with Gasteiger partial charge in [0, 0.05) is 29.8 Å². The van der Waals surface area contributed by atoms with Crippen molar-refractivity contribution in [2.45, 2.75) is 25.9 Å². The Morgan fingerprint density at radius 3 is 3.21 bits per heavy atom. The molecule has 0 aliphatic carbocycles. The molecule has 4 heteroatoms. The molecule has 0 fully saturated rings. The van der Waals surface area contributed by atoms with Crippen molar-refractivity contribution >= 4 is 0 Å². The fraction of sp³-hybridized carbons (Fsp3) is 0.400. The van der Waals surface area contributed by atoms with Crippen LogP contribution in [0.2, 0.25) is 0 Å². The van der Waals surface area contributed by atoms with Crippen LogP contribution >= 0.6 is 0 Å². The normalized spacial score (nSPS) is 17.2. The molecule has 1 aromatic carbocycles. The Bertz CT molecular complexity index is 550. The molecule has 2 heterocycles. The first-order chi connectivity index (χ1) is 9.36. The third-order valence-electron chi connectivity index (χ3n) is 3.47. The number of nitrogens with zero attached hydrogens (tertiary/aromatic N) is 2. The highest BCUT2D eigenvalue weighted by Gasteiger charge is 2.24. The molecule has 1 atom stereocenters. The van der Waals surface area contributed by atoms with Gasteiger partial charge in [0.25, 0.3) is 0 Å². The molecule has 100 valence electrons. The minimum atomic E-state index is 0.406. The van der Waals surface area contributed by atoms with Crippen LogP contribution in [0.1, 0.15) is 24.0 Å². The molecule has 0 spiro atoms. The number of fused-ring (bicyclic) bond motifs is 1. The predicted molar refractivity (Wildman–Crippen MR) is 74.3 cm³/mol. The quantitative estimate of drug-likeness (QED) is 0.892. The Kier molecular flexibility index (Phi) is 3.51. The highest BCUT2D eigenvalue weighted by Crippen LogP contribution is 2.34. The van der Waals surface area contributed by atoms with E-state index >= 15 is 0 Å². The third kappa shape index (κ3) is 2.63. The molecule has 0 radical (unpaired) electrons. The molecule has 0 saturated carbocycles. The largest absolute Gasteiger partial charge is 0.493 e. The molecular formula is C15H19N3O. The number of nitrogens with one attached hydrogen (secondary N) is 1. The zero-order valence-corrected chi connectivity index (χ0v) is 11.2. The van der Waals surface area contributed by atoms with Crippen LogP contribution in [0.3, 0.4) is 0 Å². The van der Waals surface area contributed by atoms with Crippen LogP contribution in [-0.2, 0) is 13.1 Å². The lowest BCUT2D eigenvalue weighted by molar-refractivity contribution is 0.315. The summed E-state index contributed by atoms with van der Waals surface area (Å²) in [5, 5.41) is 7.74. The summed E-state index contributed by atoms with van der Waals surface area (Å²) in [5.74, 6) is 1.43. The Morgan fingerprint density at radius 2 is 2.32 bits per heavy atom. The van der Waals surface area contributed by atoms with Crippen molar-refractivity contribution in [2.24, 2.45) is 0 Å². The molecule has 1 aromatic heterocycles. The predicted octanol–water partition coefficient (Wildman–Crippen LogP) is 2.17. The summed E-state index contributed by atoms with van der Waals surface area (Å²) in [6.07, 6.45) is 4.05. The van der Waals surface area contributed by atoms with E-state index in [1.54, 1.807) is 0 Å². The molecule has 1 aliphatic heterocycles. The van der Waals surface area contributed by atoms with Gasteiger partial charge in [-0.05, 0) is 12.6 Å². The molecule has 1 unspecified atom stereocenters. The van der Waals surface area contributed by atoms with Crippen LogP contribution in [0.4, 0.5) is 0 Å². The van der Waals surface area contributed by atoms with Crippen molar-refractivity contribution in [1.29, 1.82) is 0 Å². The summed E-state index contributed by atoms with van der Waals surface area (Å²) in [4.78, 5) is 0. The smallest absolute Gasteiger partial charge is 0.122 e. The van der Waals surface area contributed by atoms with Crippen molar-refractivity contribution in [1.82, 2.24) is 15.1 Å². The van der Waals surface area contributed by atoms with Crippen LogP contribution < -0.4 is 10.1 Å². The maximum Gasteiger partial charge on any atom is 0.122 e. The van der Waals surface area contributed by atoms with Gasteiger partial charge in [-0.15, -0.1) is 0 Å². The van der Waals surface area contributed by atoms with E-state index in [4.69, 9.17) is 4.74 Å². The first-order valence-electron chi connectivity index (χ1n) is 6.80. The van der Waals surface area contributed by atoms with E-state index in [1.807, 2.05) is 23.0 Å². The van der Waals surface area contributed by atoms with Gasteiger partial charge >= 0.3 is 0 Å². The lowest BCUT2D eigenvalue weighted by atomic mass is 10.0. The van der Waals surface area contributed by atoms with E-state index in [9.17, 15) is 0 Å². The van der Waals surface area contributed by atoms with Gasteiger partial charge in [-0.2, -0.15) is 5.10 Å². The highest BCUT2D eigenvalue weighted by molar-refractivity contribution is 5.39. The second kappa shape index (κ2) is 5.45. The Morgan fingerprint density at radius 1 is 1.42 bits per heavy atom. The second-order valence-electron chi connectivity index (χ2n) is 4.90. The van der Waals surface area contributed by atoms with Gasteiger partial charge in [-0.3, -0.25) is 4.68 Å². The third-order valence-corrected chi connectivity index (χ3v) is 3.47. The van der Waals surface area contributed by atoms with E-state index in [0.29, 0.717) is 5.92 Å². The summed E-state index contributed by atoms with van der Waals surface area (Å²) in [7, 11) is 0. The minimum Gasteiger partial charge on any atom is -0.493 e. The van der Waals surface area contributed by atoms with E-state index in [0.717, 1.165) is 32.0 Å². The van der Waals surface area contributed by atoms with Crippen molar-refractivity contribution in [2.75, 3.05) is 13.2 Å². The molecule has 1 aliphatic rings.